The number of nitrogens with zero attached hydrogens (tertiary/aromatic N) is 5. The fourth-order valence-electron chi connectivity index (χ4n) is 8.33. The van der Waals surface area contributed by atoms with E-state index in [2.05, 4.69) is 201 Å². The average Bonchev–Trinajstić information content (AvgIpc) is 3.86. The van der Waals surface area contributed by atoms with Crippen LogP contribution in [0.1, 0.15) is 0 Å². The second-order valence-electron chi connectivity index (χ2n) is 14.5. The van der Waals surface area contributed by atoms with Crippen LogP contribution in [-0.2, 0) is 0 Å². The van der Waals surface area contributed by atoms with Crippen LogP contribution in [0.15, 0.2) is 219 Å². The molecule has 0 unspecified atom stereocenters. The Morgan fingerprint density at radius 3 is 1.86 bits per heavy atom. The van der Waals surface area contributed by atoms with Crippen molar-refractivity contribution in [2.45, 2.75) is 0 Å². The number of aromatic nitrogens is 5. The number of fused-ring (bicyclic) bond motifs is 4. The van der Waals surface area contributed by atoms with Crippen molar-refractivity contribution < 1.29 is 9.30 Å². The summed E-state index contributed by atoms with van der Waals surface area (Å²) in [4.78, 5) is 9.11. The number of pyridine rings is 2. The molecular weight excluding hydrogens is 723 g/mol. The van der Waals surface area contributed by atoms with Gasteiger partial charge < -0.3 is 4.74 Å². The number of hydrogen-bond donors (Lipinski definition) is 0. The molecule has 0 saturated carbocycles. The van der Waals surface area contributed by atoms with Crippen molar-refractivity contribution in [3.05, 3.63) is 219 Å². The maximum absolute atomic E-state index is 6.71. The highest BCUT2D eigenvalue weighted by Crippen LogP contribution is 2.37. The van der Waals surface area contributed by atoms with E-state index in [-0.39, 0.29) is 0 Å². The van der Waals surface area contributed by atoms with Crippen molar-refractivity contribution in [1.82, 2.24) is 19.1 Å². The van der Waals surface area contributed by atoms with E-state index < -0.39 is 0 Å². The zero-order valence-corrected chi connectivity index (χ0v) is 31.9. The zero-order valence-electron chi connectivity index (χ0n) is 31.9. The van der Waals surface area contributed by atoms with Gasteiger partial charge in [0.25, 0.3) is 6.33 Å². The number of benzene rings is 7. The van der Waals surface area contributed by atoms with E-state index in [1.54, 1.807) is 12.4 Å². The molecule has 7 aromatic carbocycles. The molecule has 6 nitrogen and oxygen atoms in total. The first-order chi connectivity index (χ1) is 29.3. The summed E-state index contributed by atoms with van der Waals surface area (Å²) in [5.41, 5.74) is 13.2. The third-order valence-corrected chi connectivity index (χ3v) is 11.0. The predicted octanol–water partition coefficient (Wildman–Crippen LogP) is 12.6. The van der Waals surface area contributed by atoms with Crippen LogP contribution in [-0.4, -0.2) is 19.1 Å². The van der Waals surface area contributed by atoms with E-state index >= 15 is 0 Å². The van der Waals surface area contributed by atoms with E-state index in [0.717, 1.165) is 94.9 Å². The molecule has 0 aliphatic carbocycles. The molecular formula is C53H36N5O+. The number of para-hydroxylation sites is 4. The average molecular weight is 759 g/mol. The van der Waals surface area contributed by atoms with Gasteiger partial charge in [0, 0.05) is 58.2 Å². The molecule has 0 aliphatic rings. The second kappa shape index (κ2) is 14.4. The highest BCUT2D eigenvalue weighted by atomic mass is 16.5. The summed E-state index contributed by atoms with van der Waals surface area (Å²) in [5.74, 6) is 2.32. The van der Waals surface area contributed by atoms with Crippen LogP contribution in [0.5, 0.6) is 11.5 Å². The van der Waals surface area contributed by atoms with Gasteiger partial charge in [-0.15, -0.1) is 0 Å². The summed E-state index contributed by atoms with van der Waals surface area (Å²) in [5, 5.41) is 2.30. The van der Waals surface area contributed by atoms with Gasteiger partial charge in [0.1, 0.15) is 28.7 Å². The van der Waals surface area contributed by atoms with Crippen LogP contribution in [0.25, 0.3) is 83.4 Å². The van der Waals surface area contributed by atoms with Crippen LogP contribution in [0.3, 0.4) is 0 Å². The number of hydrogen-bond acceptors (Lipinski definition) is 3. The lowest BCUT2D eigenvalue weighted by molar-refractivity contribution is -0.566. The Labute approximate surface area is 341 Å². The van der Waals surface area contributed by atoms with Gasteiger partial charge in [-0.3, -0.25) is 9.55 Å². The highest BCUT2D eigenvalue weighted by molar-refractivity contribution is 6.09. The van der Waals surface area contributed by atoms with E-state index in [4.69, 9.17) is 9.72 Å². The molecule has 0 spiro atoms. The van der Waals surface area contributed by atoms with Gasteiger partial charge in [-0.25, -0.2) is 4.98 Å². The molecule has 0 fully saturated rings. The normalized spacial score (nSPS) is 11.4. The van der Waals surface area contributed by atoms with Gasteiger partial charge in [0.05, 0.1) is 11.0 Å². The SMILES string of the molecule is c1ccc(-c2cccc(-c3ccccc3)c2-[n+]2cn(-c3cccc(Oc4ccc5c6ccccc6n(-c6ccc(-c7ccncc7)cn6)c5c4)c3)c3ccccc32)cc1. The molecule has 11 rings (SSSR count). The van der Waals surface area contributed by atoms with Gasteiger partial charge in [-0.05, 0) is 83.4 Å². The van der Waals surface area contributed by atoms with E-state index in [0.29, 0.717) is 0 Å². The lowest BCUT2D eigenvalue weighted by Gasteiger charge is -2.13. The fourth-order valence-corrected chi connectivity index (χ4v) is 8.33. The van der Waals surface area contributed by atoms with Crippen molar-refractivity contribution in [2.24, 2.45) is 0 Å². The van der Waals surface area contributed by atoms with Crippen LogP contribution in [0.2, 0.25) is 0 Å². The number of imidazole rings is 1. The van der Waals surface area contributed by atoms with Gasteiger partial charge >= 0.3 is 0 Å². The van der Waals surface area contributed by atoms with Gasteiger partial charge in [0.15, 0.2) is 11.0 Å². The molecule has 0 saturated heterocycles. The predicted molar refractivity (Wildman–Crippen MR) is 238 cm³/mol. The van der Waals surface area contributed by atoms with Crippen molar-refractivity contribution in [1.29, 1.82) is 0 Å². The first-order valence-electron chi connectivity index (χ1n) is 19.7. The first kappa shape index (κ1) is 34.2. The third-order valence-electron chi connectivity index (χ3n) is 11.0. The maximum Gasteiger partial charge on any atom is 0.255 e. The topological polar surface area (TPSA) is 48.8 Å². The van der Waals surface area contributed by atoms with Crippen LogP contribution in [0, 0.1) is 0 Å². The fraction of sp³-hybridized carbons (Fsp3) is 0. The smallest absolute Gasteiger partial charge is 0.255 e. The molecule has 0 N–H and O–H groups in total. The zero-order chi connectivity index (χ0) is 39.1. The summed E-state index contributed by atoms with van der Waals surface area (Å²) in [6.07, 6.45) is 7.74. The molecule has 59 heavy (non-hydrogen) atoms. The molecule has 11 aromatic rings. The van der Waals surface area contributed by atoms with Gasteiger partial charge in [-0.2, -0.15) is 9.13 Å². The second-order valence-corrected chi connectivity index (χ2v) is 14.5. The molecule has 0 bridgehead atoms. The highest BCUT2D eigenvalue weighted by Gasteiger charge is 2.25. The number of rotatable bonds is 8. The molecule has 0 atom stereocenters. The summed E-state index contributed by atoms with van der Waals surface area (Å²) in [6, 6.07) is 67.7. The summed E-state index contributed by atoms with van der Waals surface area (Å²) >= 11 is 0. The largest absolute Gasteiger partial charge is 0.457 e. The Balaban J connectivity index is 1.00. The Hall–Kier alpha value is -8.09. The monoisotopic (exact) mass is 758 g/mol. The van der Waals surface area contributed by atoms with Crippen molar-refractivity contribution in [3.8, 4) is 62.1 Å². The van der Waals surface area contributed by atoms with E-state index in [1.807, 2.05) is 24.4 Å². The quantitative estimate of drug-likeness (QED) is 0.145. The van der Waals surface area contributed by atoms with E-state index in [9.17, 15) is 0 Å². The molecule has 6 heteroatoms. The van der Waals surface area contributed by atoms with Crippen molar-refractivity contribution >= 4 is 32.8 Å². The Morgan fingerprint density at radius 2 is 1.12 bits per heavy atom. The van der Waals surface area contributed by atoms with Crippen LogP contribution >= 0.6 is 0 Å². The van der Waals surface area contributed by atoms with Crippen molar-refractivity contribution in [2.75, 3.05) is 0 Å². The van der Waals surface area contributed by atoms with Crippen LogP contribution < -0.4 is 9.30 Å². The summed E-state index contributed by atoms with van der Waals surface area (Å²) < 4.78 is 13.5. The third kappa shape index (κ3) is 6.11. The molecule has 4 aromatic heterocycles. The summed E-state index contributed by atoms with van der Waals surface area (Å²) in [7, 11) is 0. The van der Waals surface area contributed by atoms with Gasteiger partial charge in [0.2, 0.25) is 0 Å². The summed E-state index contributed by atoms with van der Waals surface area (Å²) in [6.45, 7) is 0. The molecule has 0 aliphatic heterocycles. The Bertz CT molecular complexity index is 3220. The minimum absolute atomic E-state index is 0.739. The van der Waals surface area contributed by atoms with Crippen LogP contribution in [0.4, 0.5) is 0 Å². The molecule has 278 valence electrons. The van der Waals surface area contributed by atoms with Gasteiger partial charge in [-0.1, -0.05) is 115 Å². The first-order valence-corrected chi connectivity index (χ1v) is 19.7. The molecule has 0 amide bonds. The minimum Gasteiger partial charge on any atom is -0.457 e. The Morgan fingerprint density at radius 1 is 0.458 bits per heavy atom. The standard InChI is InChI=1S/C53H36N5O/c1-3-13-38(14-4-1)44-20-12-21-45(39-15-5-2-6-16-39)53(44)57-36-56(49-23-9-10-24-50(49)57)41-17-11-18-42(33-41)59-43-26-27-47-46-19-7-8-22-48(46)58(51(47)34-43)52-28-25-40(35-55-52)37-29-31-54-32-30-37/h1-36H/q+1. The lowest BCUT2D eigenvalue weighted by atomic mass is 9.95. The lowest BCUT2D eigenvalue weighted by Crippen LogP contribution is -2.30. The molecule has 4 heterocycles. The van der Waals surface area contributed by atoms with E-state index in [1.165, 1.54) is 0 Å². The maximum atomic E-state index is 6.71. The van der Waals surface area contributed by atoms with Crippen molar-refractivity contribution in [3.63, 3.8) is 0 Å². The minimum atomic E-state index is 0.739. The number of ether oxygens (including phenoxy) is 1. The molecule has 0 radical (unpaired) electrons. The Kier molecular flexibility index (Phi) is 8.37.